The van der Waals surface area contributed by atoms with Crippen molar-refractivity contribution in [3.8, 4) is 0 Å². The molecule has 8 heteroatoms. The number of hydrogen-bond acceptors (Lipinski definition) is 6. The highest BCUT2D eigenvalue weighted by atomic mass is 32.2. The summed E-state index contributed by atoms with van der Waals surface area (Å²) in [6, 6.07) is 0. The molecule has 102 valence electrons. The van der Waals surface area contributed by atoms with Crippen molar-refractivity contribution in [2.75, 3.05) is 18.9 Å². The molecule has 0 fully saturated rings. The SMILES string of the molecule is CCOC(=O)CNC(=O)c1cnc2n(c1=O)CCS2. The van der Waals surface area contributed by atoms with Gasteiger partial charge in [0.25, 0.3) is 11.5 Å². The molecule has 0 radical (unpaired) electrons. The zero-order valence-corrected chi connectivity index (χ0v) is 11.2. The molecule has 19 heavy (non-hydrogen) atoms. The quantitative estimate of drug-likeness (QED) is 0.599. The van der Waals surface area contributed by atoms with Gasteiger partial charge in [0.1, 0.15) is 12.1 Å². The van der Waals surface area contributed by atoms with Gasteiger partial charge in [-0.2, -0.15) is 0 Å². The van der Waals surface area contributed by atoms with E-state index in [1.54, 1.807) is 6.92 Å². The summed E-state index contributed by atoms with van der Waals surface area (Å²) in [7, 11) is 0. The van der Waals surface area contributed by atoms with Crippen LogP contribution in [0.3, 0.4) is 0 Å². The number of fused-ring (bicyclic) bond motifs is 1. The number of carbonyl (C=O) groups excluding carboxylic acids is 2. The lowest BCUT2D eigenvalue weighted by molar-refractivity contribution is -0.141. The number of nitrogens with zero attached hydrogens (tertiary/aromatic N) is 2. The normalized spacial score (nSPS) is 12.9. The summed E-state index contributed by atoms with van der Waals surface area (Å²) < 4.78 is 6.14. The second-order valence-electron chi connectivity index (χ2n) is 3.75. The first-order valence-corrected chi connectivity index (χ1v) is 6.78. The second kappa shape index (κ2) is 5.87. The number of amides is 1. The number of esters is 1. The zero-order chi connectivity index (χ0) is 13.8. The maximum absolute atomic E-state index is 12.0. The van der Waals surface area contributed by atoms with Crippen LogP contribution in [-0.2, 0) is 16.1 Å². The lowest BCUT2D eigenvalue weighted by atomic mass is 10.3. The van der Waals surface area contributed by atoms with Crippen LogP contribution in [0.4, 0.5) is 0 Å². The van der Waals surface area contributed by atoms with E-state index in [0.29, 0.717) is 11.7 Å². The van der Waals surface area contributed by atoms with Gasteiger partial charge in [0.05, 0.1) is 6.61 Å². The molecule has 1 aromatic heterocycles. The Morgan fingerprint density at radius 1 is 1.58 bits per heavy atom. The molecule has 0 aliphatic carbocycles. The Balaban J connectivity index is 2.08. The average molecular weight is 283 g/mol. The van der Waals surface area contributed by atoms with E-state index in [1.165, 1.54) is 22.5 Å². The Kier molecular flexibility index (Phi) is 4.20. The number of nitrogens with one attached hydrogen (secondary N) is 1. The fourth-order valence-corrected chi connectivity index (χ4v) is 2.55. The van der Waals surface area contributed by atoms with Crippen LogP contribution in [0.2, 0.25) is 0 Å². The number of hydrogen-bond donors (Lipinski definition) is 1. The summed E-state index contributed by atoms with van der Waals surface area (Å²) >= 11 is 1.47. The molecule has 1 aliphatic rings. The Morgan fingerprint density at radius 2 is 2.37 bits per heavy atom. The highest BCUT2D eigenvalue weighted by Crippen LogP contribution is 2.20. The third-order valence-corrected chi connectivity index (χ3v) is 3.47. The molecule has 0 saturated heterocycles. The predicted molar refractivity (Wildman–Crippen MR) is 68.2 cm³/mol. The molecule has 7 nitrogen and oxygen atoms in total. The van der Waals surface area contributed by atoms with Crippen molar-refractivity contribution in [3.63, 3.8) is 0 Å². The van der Waals surface area contributed by atoms with Gasteiger partial charge in [-0.1, -0.05) is 11.8 Å². The van der Waals surface area contributed by atoms with Gasteiger partial charge in [-0.25, -0.2) is 4.98 Å². The van der Waals surface area contributed by atoms with Gasteiger partial charge in [0, 0.05) is 18.5 Å². The van der Waals surface area contributed by atoms with Crippen LogP contribution in [0, 0.1) is 0 Å². The van der Waals surface area contributed by atoms with E-state index in [1.807, 2.05) is 0 Å². The summed E-state index contributed by atoms with van der Waals surface area (Å²) in [5.74, 6) is -0.380. The van der Waals surface area contributed by atoms with Crippen molar-refractivity contribution in [1.82, 2.24) is 14.9 Å². The van der Waals surface area contributed by atoms with Gasteiger partial charge in [-0.05, 0) is 6.92 Å². The van der Waals surface area contributed by atoms with E-state index >= 15 is 0 Å². The topological polar surface area (TPSA) is 90.3 Å². The van der Waals surface area contributed by atoms with Crippen molar-refractivity contribution in [2.45, 2.75) is 18.6 Å². The van der Waals surface area contributed by atoms with Crippen LogP contribution >= 0.6 is 11.8 Å². The predicted octanol–water partition coefficient (Wildman–Crippen LogP) is -0.358. The van der Waals surface area contributed by atoms with E-state index in [2.05, 4.69) is 15.0 Å². The van der Waals surface area contributed by atoms with Crippen LogP contribution in [0.5, 0.6) is 0 Å². The molecule has 0 atom stereocenters. The third kappa shape index (κ3) is 2.95. The summed E-state index contributed by atoms with van der Waals surface area (Å²) in [5.41, 5.74) is -0.438. The minimum Gasteiger partial charge on any atom is -0.465 e. The van der Waals surface area contributed by atoms with Crippen molar-refractivity contribution >= 4 is 23.6 Å². The van der Waals surface area contributed by atoms with Crippen molar-refractivity contribution in [2.24, 2.45) is 0 Å². The molecule has 2 rings (SSSR count). The van der Waals surface area contributed by atoms with Gasteiger partial charge in [-0.3, -0.25) is 19.0 Å². The molecule has 1 aliphatic heterocycles. The molecular weight excluding hydrogens is 270 g/mol. The number of rotatable bonds is 4. The Hall–Kier alpha value is -1.83. The van der Waals surface area contributed by atoms with Crippen LogP contribution in [0.1, 0.15) is 17.3 Å². The molecular formula is C11H13N3O4S. The van der Waals surface area contributed by atoms with Gasteiger partial charge >= 0.3 is 5.97 Å². The van der Waals surface area contributed by atoms with Crippen LogP contribution in [-0.4, -0.2) is 40.3 Å². The van der Waals surface area contributed by atoms with Crippen LogP contribution < -0.4 is 10.9 Å². The minimum absolute atomic E-state index is 0.0597. The Bertz CT molecular complexity index is 570. The average Bonchev–Trinajstić information content (AvgIpc) is 2.86. The molecule has 0 aromatic carbocycles. The second-order valence-corrected chi connectivity index (χ2v) is 4.81. The van der Waals surface area contributed by atoms with Gasteiger partial charge in [0.15, 0.2) is 5.16 Å². The molecule has 1 amide bonds. The monoisotopic (exact) mass is 283 g/mol. The first-order valence-electron chi connectivity index (χ1n) is 5.80. The first-order chi connectivity index (χ1) is 9.13. The van der Waals surface area contributed by atoms with Crippen LogP contribution in [0.15, 0.2) is 16.1 Å². The van der Waals surface area contributed by atoms with Gasteiger partial charge in [0.2, 0.25) is 0 Å². The van der Waals surface area contributed by atoms with E-state index in [4.69, 9.17) is 0 Å². The number of ether oxygens (including phenoxy) is 1. The summed E-state index contributed by atoms with van der Waals surface area (Å²) in [6.45, 7) is 2.20. The third-order valence-electron chi connectivity index (χ3n) is 2.50. The molecule has 0 unspecified atom stereocenters. The molecule has 1 N–H and O–H groups in total. The molecule has 2 heterocycles. The molecule has 1 aromatic rings. The molecule has 0 spiro atoms. The number of aromatic nitrogens is 2. The van der Waals surface area contributed by atoms with E-state index < -0.39 is 11.9 Å². The van der Waals surface area contributed by atoms with Crippen molar-refractivity contribution < 1.29 is 14.3 Å². The maximum atomic E-state index is 12.0. The summed E-state index contributed by atoms with van der Waals surface area (Å²) in [6.07, 6.45) is 1.24. The number of thioether (sulfide) groups is 1. The standard InChI is InChI=1S/C11H13N3O4S/c1-2-18-8(15)6-12-9(16)7-5-13-11-14(10(7)17)3-4-19-11/h5H,2-4,6H2,1H3,(H,12,16). The first kappa shape index (κ1) is 13.6. The minimum atomic E-state index is -0.613. The van der Waals surface area contributed by atoms with E-state index in [9.17, 15) is 14.4 Å². The maximum Gasteiger partial charge on any atom is 0.325 e. The lowest BCUT2D eigenvalue weighted by Crippen LogP contribution is -2.36. The van der Waals surface area contributed by atoms with E-state index in [-0.39, 0.29) is 24.3 Å². The van der Waals surface area contributed by atoms with Gasteiger partial charge < -0.3 is 10.1 Å². The largest absolute Gasteiger partial charge is 0.465 e. The Labute approximate surface area is 113 Å². The fourth-order valence-electron chi connectivity index (χ4n) is 1.63. The molecule has 0 saturated carbocycles. The van der Waals surface area contributed by atoms with Crippen molar-refractivity contribution in [3.05, 3.63) is 22.1 Å². The Morgan fingerprint density at radius 3 is 3.11 bits per heavy atom. The number of carbonyl (C=O) groups is 2. The highest BCUT2D eigenvalue weighted by Gasteiger charge is 2.20. The van der Waals surface area contributed by atoms with Gasteiger partial charge in [-0.15, -0.1) is 0 Å². The lowest BCUT2D eigenvalue weighted by Gasteiger charge is -2.06. The zero-order valence-electron chi connectivity index (χ0n) is 10.3. The van der Waals surface area contributed by atoms with Crippen LogP contribution in [0.25, 0.3) is 0 Å². The highest BCUT2D eigenvalue weighted by molar-refractivity contribution is 7.99. The fraction of sp³-hybridized carbons (Fsp3) is 0.455. The van der Waals surface area contributed by atoms with E-state index in [0.717, 1.165) is 5.75 Å². The van der Waals surface area contributed by atoms with Crippen molar-refractivity contribution in [1.29, 1.82) is 0 Å². The molecule has 0 bridgehead atoms. The summed E-state index contributed by atoms with van der Waals surface area (Å²) in [4.78, 5) is 39.0. The smallest absolute Gasteiger partial charge is 0.325 e. The summed E-state index contributed by atoms with van der Waals surface area (Å²) in [5, 5.41) is 2.96.